The molecule has 0 radical (unpaired) electrons. The molecule has 39 heavy (non-hydrogen) atoms. The molecule has 0 spiro atoms. The fourth-order valence-corrected chi connectivity index (χ4v) is 4.18. The summed E-state index contributed by atoms with van der Waals surface area (Å²) in [4.78, 5) is -3.28. The van der Waals surface area contributed by atoms with Crippen LogP contribution in [0.15, 0.2) is 23.1 Å². The lowest BCUT2D eigenvalue weighted by Gasteiger charge is -2.41. The highest BCUT2D eigenvalue weighted by Crippen LogP contribution is 3.01. The van der Waals surface area contributed by atoms with Gasteiger partial charge in [-0.15, -0.1) is 0 Å². The predicted molar refractivity (Wildman–Crippen MR) is 106 cm³/mol. The Kier molecular flexibility index (Phi) is 6.69. The van der Waals surface area contributed by atoms with Gasteiger partial charge in [-0.2, -0.15) is 52.7 Å². The highest BCUT2D eigenvalue weighted by atomic mass is 32.5. The molecule has 0 N–H and O–H groups in total. The zero-order valence-corrected chi connectivity index (χ0v) is 18.7. The molecule has 0 atom stereocenters. The summed E-state index contributed by atoms with van der Waals surface area (Å²) in [6.45, 7) is 0. The van der Waals surface area contributed by atoms with Crippen LogP contribution in [0.5, 0.6) is 0 Å². The summed E-state index contributed by atoms with van der Waals surface area (Å²) in [6, 6.07) is 2.05. The summed E-state index contributed by atoms with van der Waals surface area (Å²) in [7, 11) is -11.1. The maximum atomic E-state index is 15.2. The highest BCUT2D eigenvalue weighted by molar-refractivity contribution is 8.45. The minimum absolute atomic E-state index is 0.340. The number of halogens is 12. The van der Waals surface area contributed by atoms with E-state index in [0.717, 1.165) is 18.2 Å². The molecule has 0 saturated carbocycles. The van der Waals surface area contributed by atoms with Gasteiger partial charge in [0.2, 0.25) is 0 Å². The molecule has 0 fully saturated rings. The maximum absolute atomic E-state index is 15.2. The third-order valence-corrected chi connectivity index (χ3v) is 5.91. The van der Waals surface area contributed by atoms with E-state index in [-0.39, 0.29) is 12.1 Å². The molecular formula is C21H3F12N5S. The van der Waals surface area contributed by atoms with Crippen LogP contribution in [0.3, 0.4) is 0 Å². The van der Waals surface area contributed by atoms with Crippen molar-refractivity contribution in [2.45, 2.75) is 17.2 Å². The van der Waals surface area contributed by atoms with Crippen molar-refractivity contribution in [2.24, 2.45) is 0 Å². The van der Waals surface area contributed by atoms with Crippen LogP contribution in [-0.2, 0) is 12.4 Å². The second-order valence-corrected chi connectivity index (χ2v) is 9.58. The minimum Gasteiger partial charge on any atom is -0.205 e. The molecule has 202 valence electrons. The Morgan fingerprint density at radius 3 is 1.41 bits per heavy atom. The Balaban J connectivity index is 3.50. The summed E-state index contributed by atoms with van der Waals surface area (Å²) in [5, 5.41) is 40.9. The van der Waals surface area contributed by atoms with Crippen LogP contribution in [-0.4, -0.2) is 0 Å². The van der Waals surface area contributed by atoms with Crippen LogP contribution in [0.2, 0.25) is 0 Å². The zero-order chi connectivity index (χ0) is 30.4. The van der Waals surface area contributed by atoms with Gasteiger partial charge in [0.25, 0.3) is 0 Å². The molecule has 2 aromatic rings. The van der Waals surface area contributed by atoms with Gasteiger partial charge < -0.3 is 0 Å². The van der Waals surface area contributed by atoms with Crippen molar-refractivity contribution in [2.75, 3.05) is 0 Å². The number of hydrogen-bond acceptors (Lipinski definition) is 5. The first-order valence-electron chi connectivity index (χ1n) is 9.15. The van der Waals surface area contributed by atoms with E-state index >= 15 is 4.39 Å². The SMILES string of the molecule is N#CC(C#N)=c1c(S(F)(F)(F)(F)F)c/c(=C(\C#N)c2cc(C(F)(F)F)c(C#N)c(C(F)(F)F)c2)c(F)c1C#N. The summed E-state index contributed by atoms with van der Waals surface area (Å²) in [6.07, 6.45) is -11.5. The molecule has 18 heteroatoms. The summed E-state index contributed by atoms with van der Waals surface area (Å²) < 4.78 is 165. The van der Waals surface area contributed by atoms with E-state index in [4.69, 9.17) is 21.0 Å². The van der Waals surface area contributed by atoms with Crippen molar-refractivity contribution in [1.29, 1.82) is 26.3 Å². The van der Waals surface area contributed by atoms with Crippen molar-refractivity contribution in [3.63, 3.8) is 0 Å². The first-order chi connectivity index (χ1) is 17.5. The minimum atomic E-state index is -11.1. The van der Waals surface area contributed by atoms with Gasteiger partial charge in [-0.1, -0.05) is 19.4 Å². The highest BCUT2D eigenvalue weighted by Gasteiger charge is 2.66. The van der Waals surface area contributed by atoms with Crippen molar-refractivity contribution in [3.8, 4) is 30.3 Å². The molecule has 0 amide bonds. The predicted octanol–water partition coefficient (Wildman–Crippen LogP) is 6.18. The number of benzene rings is 2. The molecule has 0 bridgehead atoms. The Morgan fingerprint density at radius 1 is 0.667 bits per heavy atom. The van der Waals surface area contributed by atoms with Gasteiger partial charge in [-0.05, 0) is 23.8 Å². The topological polar surface area (TPSA) is 119 Å². The normalized spacial score (nSPS) is 14.3. The lowest BCUT2D eigenvalue weighted by atomic mass is 9.92. The summed E-state index contributed by atoms with van der Waals surface area (Å²) in [5.74, 6) is -2.36. The average Bonchev–Trinajstić information content (AvgIpc) is 2.78. The molecule has 5 nitrogen and oxygen atoms in total. The third kappa shape index (κ3) is 5.69. The van der Waals surface area contributed by atoms with Gasteiger partial charge in [0.1, 0.15) is 46.6 Å². The Bertz CT molecular complexity index is 1720. The summed E-state index contributed by atoms with van der Waals surface area (Å²) in [5.41, 5.74) is -14.1. The Labute approximate surface area is 208 Å². The smallest absolute Gasteiger partial charge is 0.205 e. The molecule has 0 unspecified atom stereocenters. The summed E-state index contributed by atoms with van der Waals surface area (Å²) >= 11 is 0. The van der Waals surface area contributed by atoms with E-state index in [1.54, 1.807) is 0 Å². The van der Waals surface area contributed by atoms with E-state index in [1.807, 2.05) is 0 Å². The number of alkyl halides is 6. The Hall–Kier alpha value is -4.86. The monoisotopic (exact) mass is 585 g/mol. The van der Waals surface area contributed by atoms with Gasteiger partial charge in [0.15, 0.2) is 0 Å². The lowest BCUT2D eigenvalue weighted by Crippen LogP contribution is -2.30. The number of hydrogen-bond donors (Lipinski definition) is 0. The van der Waals surface area contributed by atoms with E-state index in [9.17, 15) is 51.0 Å². The number of nitriles is 5. The van der Waals surface area contributed by atoms with Gasteiger partial charge in [-0.3, -0.25) is 0 Å². The number of rotatable bonds is 2. The van der Waals surface area contributed by atoms with Crippen LogP contribution in [0.1, 0.15) is 27.8 Å². The van der Waals surface area contributed by atoms with E-state index in [1.165, 1.54) is 0 Å². The third-order valence-electron chi connectivity index (χ3n) is 4.76. The molecule has 0 heterocycles. The fourth-order valence-electron chi connectivity index (χ4n) is 3.24. The van der Waals surface area contributed by atoms with Crippen molar-refractivity contribution >= 4 is 21.4 Å². The molecule has 0 aliphatic carbocycles. The van der Waals surface area contributed by atoms with Crippen LogP contribution in [0, 0.1) is 62.5 Å². The van der Waals surface area contributed by atoms with Crippen molar-refractivity contribution < 1.29 is 50.2 Å². The number of nitrogens with zero attached hydrogens (tertiary/aromatic N) is 5. The quantitative estimate of drug-likeness (QED) is 0.390. The molecule has 0 aliphatic rings. The maximum Gasteiger partial charge on any atom is 0.417 e. The molecule has 2 rings (SSSR count). The van der Waals surface area contributed by atoms with E-state index in [2.05, 4.69) is 0 Å². The molecular weight excluding hydrogens is 582 g/mol. The van der Waals surface area contributed by atoms with Crippen LogP contribution in [0.25, 0.3) is 11.1 Å². The molecule has 0 aromatic heterocycles. The van der Waals surface area contributed by atoms with Crippen molar-refractivity contribution in [3.05, 3.63) is 62.3 Å². The second-order valence-electron chi connectivity index (χ2n) is 7.21. The first-order valence-corrected chi connectivity index (χ1v) is 11.1. The Morgan fingerprint density at radius 2 is 1.10 bits per heavy atom. The molecule has 0 aliphatic heterocycles. The molecule has 0 saturated heterocycles. The average molecular weight is 585 g/mol. The first kappa shape index (κ1) is 30.4. The van der Waals surface area contributed by atoms with Crippen LogP contribution in [0.4, 0.5) is 50.2 Å². The van der Waals surface area contributed by atoms with Gasteiger partial charge in [0.05, 0.1) is 27.8 Å². The second kappa shape index (κ2) is 8.59. The standard InChI is InChI=1S/C21H3F12N5S/c22-19-11(3-17(39(29,30,31,32)33)18(14(19)8-38)10(4-34)5-35)12(6-36)9-1-15(20(23,24)25)13(7-37)16(2-9)21(26,27)28/h1-3H/b12-11-. The zero-order valence-electron chi connectivity index (χ0n) is 17.9. The van der Waals surface area contributed by atoms with Crippen LogP contribution >= 0.6 is 10.2 Å². The van der Waals surface area contributed by atoms with Crippen molar-refractivity contribution in [1.82, 2.24) is 0 Å². The molecule has 2 aromatic carbocycles. The van der Waals surface area contributed by atoms with Gasteiger partial charge >= 0.3 is 22.6 Å². The van der Waals surface area contributed by atoms with E-state index in [0.29, 0.717) is 12.1 Å². The van der Waals surface area contributed by atoms with E-state index < -0.39 is 88.8 Å². The fraction of sp³-hybridized carbons (Fsp3) is 0.0952. The van der Waals surface area contributed by atoms with Gasteiger partial charge in [-0.25, -0.2) is 4.39 Å². The largest absolute Gasteiger partial charge is 0.417 e. The van der Waals surface area contributed by atoms with Gasteiger partial charge in [0, 0.05) is 10.4 Å². The van der Waals surface area contributed by atoms with Crippen LogP contribution < -0.4 is 10.4 Å². The lowest BCUT2D eigenvalue weighted by molar-refractivity contribution is -0.143.